The molecule has 1 aromatic rings. The van der Waals surface area contributed by atoms with Crippen molar-refractivity contribution < 1.29 is 19.8 Å². The molecule has 6 heteroatoms. The first kappa shape index (κ1) is 14.1. The molecule has 1 radical (unpaired) electrons. The van der Waals surface area contributed by atoms with Crippen molar-refractivity contribution in [2.45, 2.75) is 18.5 Å². The quantitative estimate of drug-likeness (QED) is 0.510. The summed E-state index contributed by atoms with van der Waals surface area (Å²) in [4.78, 5) is 21.9. The van der Waals surface area contributed by atoms with Gasteiger partial charge in [0.2, 0.25) is 12.2 Å². The van der Waals surface area contributed by atoms with Crippen LogP contribution >= 0.6 is 0 Å². The minimum Gasteiger partial charge on any atom is -0.508 e. The number of hydrogen-bond donors (Lipinski definition) is 4. The van der Waals surface area contributed by atoms with Crippen molar-refractivity contribution in [1.29, 1.82) is 0 Å². The highest BCUT2D eigenvalue weighted by Crippen LogP contribution is 2.10. The maximum atomic E-state index is 11.6. The molecule has 6 nitrogen and oxygen atoms in total. The van der Waals surface area contributed by atoms with Gasteiger partial charge in [0.05, 0.1) is 12.6 Å². The van der Waals surface area contributed by atoms with Gasteiger partial charge in [-0.2, -0.15) is 0 Å². The second kappa shape index (κ2) is 6.73. The van der Waals surface area contributed by atoms with Crippen LogP contribution in [0, 0.1) is 0 Å². The highest BCUT2D eigenvalue weighted by molar-refractivity contribution is 5.84. The molecule has 2 atom stereocenters. The van der Waals surface area contributed by atoms with E-state index in [0.717, 1.165) is 5.56 Å². The number of rotatable bonds is 6. The topological polar surface area (TPSA) is 113 Å². The lowest BCUT2D eigenvalue weighted by molar-refractivity contribution is -0.122. The molecule has 0 aliphatic carbocycles. The van der Waals surface area contributed by atoms with E-state index in [1.165, 1.54) is 18.4 Å². The average molecular weight is 251 g/mol. The van der Waals surface area contributed by atoms with Crippen molar-refractivity contribution in [3.63, 3.8) is 0 Å². The molecule has 1 amide bonds. The first-order valence-corrected chi connectivity index (χ1v) is 5.39. The van der Waals surface area contributed by atoms with Crippen molar-refractivity contribution >= 4 is 12.2 Å². The SMILES string of the molecule is N[C@@H](Cc1ccc(O)cc1)C(=O)N[C@H]([C]=O)CO. The molecule has 0 heterocycles. The number of hydrogen-bond acceptors (Lipinski definition) is 5. The van der Waals surface area contributed by atoms with Crippen molar-refractivity contribution in [3.05, 3.63) is 29.8 Å². The number of aromatic hydroxyl groups is 1. The van der Waals surface area contributed by atoms with Gasteiger partial charge in [-0.05, 0) is 24.1 Å². The van der Waals surface area contributed by atoms with E-state index in [1.54, 1.807) is 12.1 Å². The molecule has 97 valence electrons. The summed E-state index contributed by atoms with van der Waals surface area (Å²) in [7, 11) is 0. The number of phenolic OH excluding ortho intramolecular Hbond substituents is 1. The Hall–Kier alpha value is -1.92. The number of benzene rings is 1. The Bertz CT molecular complexity index is 405. The third kappa shape index (κ3) is 4.15. The number of nitrogens with two attached hydrogens (primary N) is 1. The number of phenols is 1. The molecule has 0 spiro atoms. The number of carbonyl (C=O) groups is 1. The largest absolute Gasteiger partial charge is 0.508 e. The van der Waals surface area contributed by atoms with Gasteiger partial charge in [0.15, 0.2) is 0 Å². The van der Waals surface area contributed by atoms with Crippen molar-refractivity contribution in [1.82, 2.24) is 5.32 Å². The first-order valence-electron chi connectivity index (χ1n) is 5.39. The molecule has 1 rings (SSSR count). The van der Waals surface area contributed by atoms with Gasteiger partial charge in [-0.25, -0.2) is 0 Å². The van der Waals surface area contributed by atoms with Crippen LogP contribution in [0.3, 0.4) is 0 Å². The van der Waals surface area contributed by atoms with Crippen LogP contribution in [0.25, 0.3) is 0 Å². The number of aliphatic hydroxyl groups is 1. The zero-order valence-electron chi connectivity index (χ0n) is 9.67. The lowest BCUT2D eigenvalue weighted by Crippen LogP contribution is -2.48. The number of aliphatic hydroxyl groups excluding tert-OH is 1. The Morgan fingerprint density at radius 3 is 2.50 bits per heavy atom. The highest BCUT2D eigenvalue weighted by Gasteiger charge is 2.18. The van der Waals surface area contributed by atoms with Crippen LogP contribution in [0.1, 0.15) is 5.56 Å². The van der Waals surface area contributed by atoms with Crippen LogP contribution in [0.4, 0.5) is 0 Å². The van der Waals surface area contributed by atoms with Gasteiger partial charge in [-0.1, -0.05) is 12.1 Å². The summed E-state index contributed by atoms with van der Waals surface area (Å²) in [6.45, 7) is -0.513. The molecule has 18 heavy (non-hydrogen) atoms. The van der Waals surface area contributed by atoms with E-state index >= 15 is 0 Å². The van der Waals surface area contributed by atoms with E-state index in [9.17, 15) is 9.59 Å². The second-order valence-corrected chi connectivity index (χ2v) is 3.84. The molecule has 0 aliphatic heterocycles. The summed E-state index contributed by atoms with van der Waals surface area (Å²) in [5, 5.41) is 20.1. The monoisotopic (exact) mass is 251 g/mol. The van der Waals surface area contributed by atoms with Gasteiger partial charge >= 0.3 is 0 Å². The fourth-order valence-corrected chi connectivity index (χ4v) is 1.37. The number of amides is 1. The van der Waals surface area contributed by atoms with Crippen LogP contribution in [0.5, 0.6) is 5.75 Å². The van der Waals surface area contributed by atoms with Crippen LogP contribution < -0.4 is 11.1 Å². The standard InChI is InChI=1S/C12H15N2O4/c13-11(12(18)14-9(6-15)7-16)5-8-1-3-10(17)4-2-8/h1-4,9,11,15,17H,5-6,13H2,(H,14,18)/t9-,11-/m0/s1. The van der Waals surface area contributed by atoms with Crippen molar-refractivity contribution in [2.75, 3.05) is 6.61 Å². The molecule has 0 bridgehead atoms. The van der Waals surface area contributed by atoms with E-state index < -0.39 is 24.6 Å². The van der Waals surface area contributed by atoms with Crippen LogP contribution in [-0.2, 0) is 16.0 Å². The molecule has 0 fully saturated rings. The normalized spacial score (nSPS) is 13.7. The van der Waals surface area contributed by atoms with Gasteiger partial charge in [-0.15, -0.1) is 0 Å². The molecular formula is C12H15N2O4. The zero-order chi connectivity index (χ0) is 13.5. The smallest absolute Gasteiger partial charge is 0.237 e. The Labute approximate surface area is 104 Å². The molecular weight excluding hydrogens is 236 g/mol. The average Bonchev–Trinajstić information content (AvgIpc) is 2.38. The minimum absolute atomic E-state index is 0.132. The highest BCUT2D eigenvalue weighted by atomic mass is 16.3. The van der Waals surface area contributed by atoms with Crippen molar-refractivity contribution in [3.8, 4) is 5.75 Å². The van der Waals surface area contributed by atoms with Gasteiger partial charge in [0, 0.05) is 0 Å². The summed E-state index contributed by atoms with van der Waals surface area (Å²) >= 11 is 0. The van der Waals surface area contributed by atoms with Crippen LogP contribution in [0.15, 0.2) is 24.3 Å². The van der Waals surface area contributed by atoms with E-state index in [0.29, 0.717) is 0 Å². The van der Waals surface area contributed by atoms with E-state index in [1.807, 2.05) is 0 Å². The number of carbonyl (C=O) groups excluding carboxylic acids is 2. The van der Waals surface area contributed by atoms with Crippen molar-refractivity contribution in [2.24, 2.45) is 5.73 Å². The molecule has 0 saturated heterocycles. The Balaban J connectivity index is 2.54. The van der Waals surface area contributed by atoms with E-state index in [4.69, 9.17) is 15.9 Å². The Kier molecular flexibility index (Phi) is 5.29. The molecule has 0 saturated carbocycles. The summed E-state index contributed by atoms with van der Waals surface area (Å²) in [6.07, 6.45) is 1.76. The zero-order valence-corrected chi connectivity index (χ0v) is 9.67. The maximum Gasteiger partial charge on any atom is 0.237 e. The first-order chi connectivity index (χ1) is 8.56. The third-order valence-corrected chi connectivity index (χ3v) is 2.37. The van der Waals surface area contributed by atoms with E-state index in [-0.39, 0.29) is 12.2 Å². The molecule has 1 aromatic carbocycles. The van der Waals surface area contributed by atoms with E-state index in [2.05, 4.69) is 5.32 Å². The summed E-state index contributed by atoms with van der Waals surface area (Å²) < 4.78 is 0. The predicted molar refractivity (Wildman–Crippen MR) is 64.5 cm³/mol. The lowest BCUT2D eigenvalue weighted by atomic mass is 10.1. The molecule has 0 aliphatic rings. The van der Waals surface area contributed by atoms with Crippen LogP contribution in [0.2, 0.25) is 0 Å². The van der Waals surface area contributed by atoms with Gasteiger partial charge in [0.25, 0.3) is 0 Å². The van der Waals surface area contributed by atoms with Crippen LogP contribution in [-0.4, -0.2) is 41.1 Å². The number of nitrogens with one attached hydrogen (secondary N) is 1. The van der Waals surface area contributed by atoms with Gasteiger partial charge in [0.1, 0.15) is 11.8 Å². The fraction of sp³-hybridized carbons (Fsp3) is 0.333. The molecule has 5 N–H and O–H groups in total. The Morgan fingerprint density at radius 1 is 1.39 bits per heavy atom. The summed E-state index contributed by atoms with van der Waals surface area (Å²) in [5.41, 5.74) is 6.44. The second-order valence-electron chi connectivity index (χ2n) is 3.84. The predicted octanol–water partition coefficient (Wildman–Crippen LogP) is -1.15. The fourth-order valence-electron chi connectivity index (χ4n) is 1.37. The summed E-state index contributed by atoms with van der Waals surface area (Å²) in [6, 6.07) is 4.40. The molecule has 0 aromatic heterocycles. The summed E-state index contributed by atoms with van der Waals surface area (Å²) in [5.74, 6) is -0.404. The third-order valence-electron chi connectivity index (χ3n) is 2.37. The maximum absolute atomic E-state index is 11.6. The van der Waals surface area contributed by atoms with Gasteiger partial charge in [-0.3, -0.25) is 9.59 Å². The molecule has 0 unspecified atom stereocenters. The van der Waals surface area contributed by atoms with Gasteiger partial charge < -0.3 is 21.3 Å². The minimum atomic E-state index is -1.05. The lowest BCUT2D eigenvalue weighted by Gasteiger charge is -2.14. The Morgan fingerprint density at radius 2 is 2.00 bits per heavy atom.